The third kappa shape index (κ3) is 6.41. The highest BCUT2D eigenvalue weighted by Crippen LogP contribution is 2.45. The highest BCUT2D eigenvalue weighted by atomic mass is 19.1. The number of carbonyl (C=O) groups excluding carboxylic acids is 2. The summed E-state index contributed by atoms with van der Waals surface area (Å²) >= 11 is 0. The Labute approximate surface area is 292 Å². The summed E-state index contributed by atoms with van der Waals surface area (Å²) in [6.07, 6.45) is 1.63. The van der Waals surface area contributed by atoms with Crippen LogP contribution in [0.1, 0.15) is 97.9 Å². The third-order valence-electron chi connectivity index (χ3n) is 10.3. The van der Waals surface area contributed by atoms with E-state index in [2.05, 4.69) is 12.1 Å². The number of carboxylic acids is 1. The number of benzene rings is 2. The Balaban J connectivity index is 1.49. The van der Waals surface area contributed by atoms with Crippen molar-refractivity contribution in [3.63, 3.8) is 0 Å². The summed E-state index contributed by atoms with van der Waals surface area (Å²) in [6, 6.07) is 13.2. The average molecular weight is 684 g/mol. The summed E-state index contributed by atoms with van der Waals surface area (Å²) in [4.78, 5) is 46.3. The van der Waals surface area contributed by atoms with Crippen LogP contribution in [0.15, 0.2) is 42.5 Å². The smallest absolute Gasteiger partial charge is 0.337 e. The summed E-state index contributed by atoms with van der Waals surface area (Å²) in [7, 11) is 1.77. The number of hydrogen-bond donors (Lipinski definition) is 1. The van der Waals surface area contributed by atoms with Gasteiger partial charge >= 0.3 is 5.97 Å². The Kier molecular flexibility index (Phi) is 9.37. The lowest BCUT2D eigenvalue weighted by molar-refractivity contribution is -0.160. The van der Waals surface area contributed by atoms with Gasteiger partial charge in [-0.1, -0.05) is 30.3 Å². The molecule has 1 fully saturated rings. The molecule has 0 saturated carbocycles. The molecule has 0 radical (unpaired) electrons. The van der Waals surface area contributed by atoms with E-state index in [1.165, 1.54) is 6.07 Å². The standard InChI is InChI=1S/C40H46FN3O6/c1-23(45)22-40(26-12-9-8-10-13-26)15-17-44(18-16-40)37(46)31-21-29-33(28-20-30(41)34-27(24(28)2)14-11-19-49-34)32(25(3)42-36(29)43(31)7)35(38(47)48)50-39(4,5)6/h8-10,12-13,20-21,35H,11,14-19,22H2,1-7H3,(H,47,48)/t35-/m0/s1. The summed E-state index contributed by atoms with van der Waals surface area (Å²) < 4.78 is 29.4. The van der Waals surface area contributed by atoms with Crippen molar-refractivity contribution >= 4 is 28.7 Å². The van der Waals surface area contributed by atoms with Crippen LogP contribution < -0.4 is 4.74 Å². The molecule has 0 aliphatic carbocycles. The van der Waals surface area contributed by atoms with Gasteiger partial charge < -0.3 is 24.0 Å². The van der Waals surface area contributed by atoms with Gasteiger partial charge in [0.15, 0.2) is 17.7 Å². The number of carboxylic acid groups (broad SMARTS) is 1. The molecule has 2 aromatic heterocycles. The van der Waals surface area contributed by atoms with E-state index in [0.29, 0.717) is 84.5 Å². The number of rotatable bonds is 8. The van der Waals surface area contributed by atoms with Gasteiger partial charge in [-0.2, -0.15) is 0 Å². The summed E-state index contributed by atoms with van der Waals surface area (Å²) in [5.41, 5.74) is 4.04. The molecule has 0 unspecified atom stereocenters. The minimum Gasteiger partial charge on any atom is -0.490 e. The molecule has 50 heavy (non-hydrogen) atoms. The minimum atomic E-state index is -1.41. The Morgan fingerprint density at radius 2 is 1.78 bits per heavy atom. The molecule has 6 rings (SSSR count). The van der Waals surface area contributed by atoms with Gasteiger partial charge in [0.2, 0.25) is 0 Å². The van der Waals surface area contributed by atoms with E-state index in [-0.39, 0.29) is 22.9 Å². The number of aryl methyl sites for hydroxylation is 2. The van der Waals surface area contributed by atoms with E-state index < -0.39 is 23.5 Å². The van der Waals surface area contributed by atoms with Crippen LogP contribution in [-0.2, 0) is 33.2 Å². The zero-order valence-electron chi connectivity index (χ0n) is 30.0. The Hall–Kier alpha value is -4.57. The maximum Gasteiger partial charge on any atom is 0.337 e. The third-order valence-corrected chi connectivity index (χ3v) is 10.3. The first kappa shape index (κ1) is 35.3. The molecule has 2 aliphatic heterocycles. The average Bonchev–Trinajstić information content (AvgIpc) is 3.39. The van der Waals surface area contributed by atoms with Crippen LogP contribution in [0.25, 0.3) is 22.2 Å². The fraction of sp³-hybridized carbons (Fsp3) is 0.450. The molecule has 10 heteroatoms. The van der Waals surface area contributed by atoms with E-state index in [9.17, 15) is 19.5 Å². The number of carbonyl (C=O) groups is 3. The number of hydrogen-bond acceptors (Lipinski definition) is 6. The van der Waals surface area contributed by atoms with Crippen LogP contribution in [0, 0.1) is 19.7 Å². The maximum atomic E-state index is 15.8. The van der Waals surface area contributed by atoms with E-state index in [1.807, 2.05) is 30.0 Å². The Bertz CT molecular complexity index is 1990. The van der Waals surface area contributed by atoms with Gasteiger partial charge in [0.05, 0.1) is 12.2 Å². The first-order valence-corrected chi connectivity index (χ1v) is 17.3. The van der Waals surface area contributed by atoms with Gasteiger partial charge in [0, 0.05) is 59.7 Å². The number of aromatic nitrogens is 2. The Morgan fingerprint density at radius 3 is 2.40 bits per heavy atom. The van der Waals surface area contributed by atoms with Gasteiger partial charge in [-0.05, 0) is 96.0 Å². The van der Waals surface area contributed by atoms with Crippen LogP contribution in [-0.4, -0.2) is 62.5 Å². The largest absolute Gasteiger partial charge is 0.490 e. The van der Waals surface area contributed by atoms with E-state index >= 15 is 4.39 Å². The zero-order chi connectivity index (χ0) is 36.1. The second-order valence-corrected chi connectivity index (χ2v) is 14.9. The number of aliphatic carboxylic acids is 1. The molecular formula is C40H46FN3O6. The topological polar surface area (TPSA) is 111 Å². The lowest BCUT2D eigenvalue weighted by atomic mass is 9.69. The number of pyridine rings is 1. The van der Waals surface area contributed by atoms with E-state index in [4.69, 9.17) is 14.5 Å². The van der Waals surface area contributed by atoms with Crippen LogP contribution in [0.2, 0.25) is 0 Å². The van der Waals surface area contributed by atoms with Crippen molar-refractivity contribution < 1.29 is 33.4 Å². The monoisotopic (exact) mass is 683 g/mol. The van der Waals surface area contributed by atoms with Gasteiger partial charge in [-0.25, -0.2) is 14.2 Å². The molecule has 1 saturated heterocycles. The van der Waals surface area contributed by atoms with Gasteiger partial charge in [-0.3, -0.25) is 9.59 Å². The number of nitrogens with zero attached hydrogens (tertiary/aromatic N) is 3. The van der Waals surface area contributed by atoms with Crippen molar-refractivity contribution in [2.24, 2.45) is 7.05 Å². The number of halogens is 1. The molecule has 0 spiro atoms. The number of likely N-dealkylation sites (tertiary alicyclic amines) is 1. The van der Waals surface area contributed by atoms with E-state index in [1.54, 1.807) is 52.3 Å². The molecule has 2 aromatic carbocycles. The lowest BCUT2D eigenvalue weighted by Gasteiger charge is -2.42. The molecule has 4 aromatic rings. The second-order valence-electron chi connectivity index (χ2n) is 14.9. The number of ketones is 1. The molecule has 4 heterocycles. The quantitative estimate of drug-likeness (QED) is 0.206. The van der Waals surface area contributed by atoms with Crippen LogP contribution >= 0.6 is 0 Å². The molecule has 2 aliphatic rings. The van der Waals surface area contributed by atoms with Crippen molar-refractivity contribution in [1.82, 2.24) is 14.5 Å². The number of fused-ring (bicyclic) bond motifs is 2. The second kappa shape index (κ2) is 13.3. The number of Topliss-reactive ketones (excluding diaryl/α,β-unsaturated/α-hetero) is 1. The highest BCUT2D eigenvalue weighted by molar-refractivity contribution is 6.05. The summed E-state index contributed by atoms with van der Waals surface area (Å²) in [5, 5.41) is 11.1. The minimum absolute atomic E-state index is 0.114. The number of piperidine rings is 1. The van der Waals surface area contributed by atoms with Crippen LogP contribution in [0.3, 0.4) is 0 Å². The Morgan fingerprint density at radius 1 is 1.10 bits per heavy atom. The molecule has 1 amide bonds. The van der Waals surface area contributed by atoms with Crippen molar-refractivity contribution in [3.8, 4) is 16.9 Å². The van der Waals surface area contributed by atoms with Crippen molar-refractivity contribution in [2.45, 2.75) is 90.8 Å². The molecule has 9 nitrogen and oxygen atoms in total. The highest BCUT2D eigenvalue weighted by Gasteiger charge is 2.40. The maximum absolute atomic E-state index is 15.8. The lowest BCUT2D eigenvalue weighted by Crippen LogP contribution is -2.46. The predicted molar refractivity (Wildman–Crippen MR) is 189 cm³/mol. The normalized spacial score (nSPS) is 16.5. The summed E-state index contributed by atoms with van der Waals surface area (Å²) in [6.45, 7) is 11.9. The first-order valence-electron chi connectivity index (χ1n) is 17.3. The predicted octanol–water partition coefficient (Wildman–Crippen LogP) is 7.42. The van der Waals surface area contributed by atoms with Crippen LogP contribution in [0.4, 0.5) is 4.39 Å². The van der Waals surface area contributed by atoms with Gasteiger partial charge in [0.25, 0.3) is 5.91 Å². The first-order chi connectivity index (χ1) is 23.6. The molecule has 1 N–H and O–H groups in total. The van der Waals surface area contributed by atoms with Gasteiger partial charge in [-0.15, -0.1) is 0 Å². The number of ether oxygens (including phenoxy) is 2. The fourth-order valence-electron chi connectivity index (χ4n) is 7.91. The van der Waals surface area contributed by atoms with Crippen molar-refractivity contribution in [2.75, 3.05) is 19.7 Å². The number of amides is 1. The molecule has 264 valence electrons. The SMILES string of the molecule is CC(=O)CC1(c2ccccc2)CCN(C(=O)c2cc3c(-c4cc(F)c5c(c4C)CCCO5)c([C@H](OC(C)(C)C)C(=O)O)c(C)nc3n2C)CC1. The molecule has 0 bridgehead atoms. The van der Waals surface area contributed by atoms with Crippen molar-refractivity contribution in [1.29, 1.82) is 0 Å². The zero-order valence-corrected chi connectivity index (χ0v) is 30.0. The van der Waals surface area contributed by atoms with Gasteiger partial charge in [0.1, 0.15) is 17.1 Å². The molecule has 1 atom stereocenters. The summed E-state index contributed by atoms with van der Waals surface area (Å²) in [5.74, 6) is -1.57. The van der Waals surface area contributed by atoms with Crippen molar-refractivity contribution in [3.05, 3.63) is 81.9 Å². The van der Waals surface area contributed by atoms with E-state index in [0.717, 1.165) is 23.1 Å². The van der Waals surface area contributed by atoms with Crippen LogP contribution in [0.5, 0.6) is 5.75 Å². The molecular weight excluding hydrogens is 637 g/mol. The fourth-order valence-corrected chi connectivity index (χ4v) is 7.91.